The molecule has 0 aromatic heterocycles. The molecule has 0 amide bonds. The van der Waals surface area contributed by atoms with Gasteiger partial charge in [-0.1, -0.05) is 52.7 Å². The van der Waals surface area contributed by atoms with E-state index >= 15 is 0 Å². The van der Waals surface area contributed by atoms with Gasteiger partial charge in [-0.2, -0.15) is 0 Å². The average Bonchev–Trinajstić information content (AvgIpc) is 2.56. The summed E-state index contributed by atoms with van der Waals surface area (Å²) in [4.78, 5) is 2.48. The first-order chi connectivity index (χ1) is 11.2. The minimum absolute atomic E-state index is 0.915. The van der Waals surface area contributed by atoms with E-state index in [9.17, 15) is 0 Å². The Morgan fingerprint density at radius 3 is 2.30 bits per heavy atom. The van der Waals surface area contributed by atoms with Gasteiger partial charge < -0.3 is 0 Å². The molecular weight excluding hydrogens is 284 g/mol. The smallest absolute Gasteiger partial charge is 0.0874 e. The maximum Gasteiger partial charge on any atom is 0.0874 e. The summed E-state index contributed by atoms with van der Waals surface area (Å²) in [5.74, 6) is 0. The summed E-state index contributed by atoms with van der Waals surface area (Å²) >= 11 is 0. The van der Waals surface area contributed by atoms with E-state index in [2.05, 4.69) is 70.5 Å². The summed E-state index contributed by atoms with van der Waals surface area (Å²) in [5, 5.41) is 10.8. The Balaban J connectivity index is 1.49. The van der Waals surface area contributed by atoms with Crippen molar-refractivity contribution in [3.63, 3.8) is 0 Å². The number of nitrogens with zero attached hydrogens (tertiary/aromatic N) is 4. The highest BCUT2D eigenvalue weighted by atomic mass is 15.6. The minimum Gasteiger partial charge on any atom is -0.295 e. The van der Waals surface area contributed by atoms with Gasteiger partial charge in [0.05, 0.1) is 18.8 Å². The van der Waals surface area contributed by atoms with Crippen LogP contribution in [0.3, 0.4) is 0 Å². The van der Waals surface area contributed by atoms with Gasteiger partial charge in [-0.15, -0.1) is 5.11 Å². The van der Waals surface area contributed by atoms with Crippen LogP contribution in [-0.2, 0) is 6.54 Å². The molecule has 2 aromatic carbocycles. The van der Waals surface area contributed by atoms with Gasteiger partial charge in [0.25, 0.3) is 0 Å². The lowest BCUT2D eigenvalue weighted by Gasteiger charge is -2.32. The highest BCUT2D eigenvalue weighted by Gasteiger charge is 2.15. The summed E-state index contributed by atoms with van der Waals surface area (Å²) in [6.45, 7) is 9.16. The molecule has 1 saturated heterocycles. The van der Waals surface area contributed by atoms with E-state index in [0.717, 1.165) is 38.4 Å². The zero-order chi connectivity index (χ0) is 16.1. The molecule has 0 spiro atoms. The zero-order valence-corrected chi connectivity index (χ0v) is 13.9. The Bertz CT molecular complexity index is 655. The van der Waals surface area contributed by atoms with Crippen molar-refractivity contribution in [2.24, 2.45) is 10.3 Å². The number of benzene rings is 2. The lowest BCUT2D eigenvalue weighted by atomic mass is 10.1. The van der Waals surface area contributed by atoms with Crippen LogP contribution >= 0.6 is 0 Å². The van der Waals surface area contributed by atoms with Gasteiger partial charge in [-0.25, -0.2) is 0 Å². The van der Waals surface area contributed by atoms with Gasteiger partial charge in [0.15, 0.2) is 0 Å². The third-order valence-corrected chi connectivity index (χ3v) is 4.16. The highest BCUT2D eigenvalue weighted by molar-refractivity contribution is 5.37. The van der Waals surface area contributed by atoms with Crippen molar-refractivity contribution in [2.75, 3.05) is 26.2 Å². The molecule has 0 atom stereocenters. The van der Waals surface area contributed by atoms with E-state index in [4.69, 9.17) is 0 Å². The Labute approximate surface area is 138 Å². The maximum absolute atomic E-state index is 4.37. The van der Waals surface area contributed by atoms with Gasteiger partial charge in [0, 0.05) is 19.6 Å². The second-order valence-electron chi connectivity index (χ2n) is 6.24. The van der Waals surface area contributed by atoms with Crippen LogP contribution in [0, 0.1) is 13.8 Å². The Hall–Kier alpha value is -2.20. The van der Waals surface area contributed by atoms with Crippen LogP contribution in [0.15, 0.2) is 58.9 Å². The SMILES string of the molecule is Cc1ccc(/N=N/N2CCN(Cc3cccc(C)c3)CC2)cc1. The van der Waals surface area contributed by atoms with Crippen LogP contribution < -0.4 is 0 Å². The molecule has 2 aromatic rings. The van der Waals surface area contributed by atoms with Crippen LogP contribution in [-0.4, -0.2) is 36.1 Å². The minimum atomic E-state index is 0.915. The van der Waals surface area contributed by atoms with E-state index in [1.54, 1.807) is 0 Å². The molecule has 0 N–H and O–H groups in total. The number of piperazine rings is 1. The van der Waals surface area contributed by atoms with Crippen molar-refractivity contribution in [3.8, 4) is 0 Å². The quantitative estimate of drug-likeness (QED) is 0.796. The fraction of sp³-hybridized carbons (Fsp3) is 0.368. The van der Waals surface area contributed by atoms with E-state index in [1.165, 1.54) is 16.7 Å². The van der Waals surface area contributed by atoms with Crippen molar-refractivity contribution in [1.82, 2.24) is 9.91 Å². The molecule has 1 aliphatic rings. The first kappa shape index (κ1) is 15.7. The van der Waals surface area contributed by atoms with Crippen LogP contribution in [0.1, 0.15) is 16.7 Å². The molecule has 0 unspecified atom stereocenters. The van der Waals surface area contributed by atoms with Gasteiger partial charge in [-0.05, 0) is 31.5 Å². The van der Waals surface area contributed by atoms with Crippen molar-refractivity contribution < 1.29 is 0 Å². The summed E-state index contributed by atoms with van der Waals surface area (Å²) in [6, 6.07) is 16.9. The molecule has 0 radical (unpaired) electrons. The lowest BCUT2D eigenvalue weighted by molar-refractivity contribution is 0.124. The molecule has 1 heterocycles. The standard InChI is InChI=1S/C19H24N4/c1-16-6-8-19(9-7-16)20-21-23-12-10-22(11-13-23)15-18-5-3-4-17(2)14-18/h3-9,14H,10-13,15H2,1-2H3/b21-20+. The fourth-order valence-corrected chi connectivity index (χ4v) is 2.78. The molecule has 3 rings (SSSR count). The van der Waals surface area contributed by atoms with Gasteiger partial charge >= 0.3 is 0 Å². The van der Waals surface area contributed by atoms with E-state index < -0.39 is 0 Å². The van der Waals surface area contributed by atoms with E-state index in [-0.39, 0.29) is 0 Å². The van der Waals surface area contributed by atoms with Crippen molar-refractivity contribution in [1.29, 1.82) is 0 Å². The molecule has 23 heavy (non-hydrogen) atoms. The Morgan fingerprint density at radius 2 is 1.61 bits per heavy atom. The molecule has 120 valence electrons. The summed E-state index contributed by atoms with van der Waals surface area (Å²) in [6.07, 6.45) is 0. The normalized spacial score (nSPS) is 16.2. The van der Waals surface area contributed by atoms with Crippen molar-refractivity contribution in [2.45, 2.75) is 20.4 Å². The largest absolute Gasteiger partial charge is 0.295 e. The molecule has 0 bridgehead atoms. The average molecular weight is 308 g/mol. The maximum atomic E-state index is 4.37. The monoisotopic (exact) mass is 308 g/mol. The molecule has 0 aliphatic carbocycles. The fourth-order valence-electron chi connectivity index (χ4n) is 2.78. The highest BCUT2D eigenvalue weighted by Crippen LogP contribution is 2.15. The lowest BCUT2D eigenvalue weighted by Crippen LogP contribution is -2.43. The van der Waals surface area contributed by atoms with Gasteiger partial charge in [0.2, 0.25) is 0 Å². The predicted molar refractivity (Wildman–Crippen MR) is 93.7 cm³/mol. The first-order valence-corrected chi connectivity index (χ1v) is 8.20. The second-order valence-corrected chi connectivity index (χ2v) is 6.24. The van der Waals surface area contributed by atoms with Crippen LogP contribution in [0.2, 0.25) is 0 Å². The molecule has 4 heteroatoms. The summed E-state index contributed by atoms with van der Waals surface area (Å²) in [7, 11) is 0. The first-order valence-electron chi connectivity index (χ1n) is 8.20. The molecule has 0 saturated carbocycles. The van der Waals surface area contributed by atoms with Crippen LogP contribution in [0.25, 0.3) is 0 Å². The molecule has 4 nitrogen and oxygen atoms in total. The third kappa shape index (κ3) is 4.63. The van der Waals surface area contributed by atoms with Crippen LogP contribution in [0.5, 0.6) is 0 Å². The Kier molecular flexibility index (Phi) is 5.03. The number of aryl methyl sites for hydroxylation is 2. The summed E-state index contributed by atoms with van der Waals surface area (Å²) < 4.78 is 0. The molecule has 1 aliphatic heterocycles. The Morgan fingerprint density at radius 1 is 0.870 bits per heavy atom. The van der Waals surface area contributed by atoms with E-state index in [1.807, 2.05) is 12.1 Å². The summed E-state index contributed by atoms with van der Waals surface area (Å²) in [5.41, 5.74) is 4.87. The molecular formula is C19H24N4. The second kappa shape index (κ2) is 7.38. The topological polar surface area (TPSA) is 31.2 Å². The van der Waals surface area contributed by atoms with Gasteiger partial charge in [0.1, 0.15) is 0 Å². The number of hydrogen-bond acceptors (Lipinski definition) is 3. The zero-order valence-electron chi connectivity index (χ0n) is 13.9. The van der Waals surface area contributed by atoms with Crippen LogP contribution in [0.4, 0.5) is 5.69 Å². The predicted octanol–water partition coefficient (Wildman–Crippen LogP) is 4.12. The third-order valence-electron chi connectivity index (χ3n) is 4.16. The molecule has 1 fully saturated rings. The van der Waals surface area contributed by atoms with Crippen molar-refractivity contribution >= 4 is 5.69 Å². The number of rotatable bonds is 4. The van der Waals surface area contributed by atoms with Gasteiger partial charge in [-0.3, -0.25) is 9.91 Å². The van der Waals surface area contributed by atoms with E-state index in [0.29, 0.717) is 0 Å². The number of hydrogen-bond donors (Lipinski definition) is 0. The van der Waals surface area contributed by atoms with Crippen molar-refractivity contribution in [3.05, 3.63) is 65.2 Å².